The van der Waals surface area contributed by atoms with Crippen molar-refractivity contribution < 1.29 is 4.79 Å². The van der Waals surface area contributed by atoms with E-state index >= 15 is 0 Å². The quantitative estimate of drug-likeness (QED) is 0.801. The third kappa shape index (κ3) is 3.51. The molecule has 1 amide bonds. The zero-order chi connectivity index (χ0) is 12.1. The second kappa shape index (κ2) is 5.75. The van der Waals surface area contributed by atoms with E-state index in [1.54, 1.807) is 24.5 Å². The first kappa shape index (κ1) is 12.0. The van der Waals surface area contributed by atoms with Gasteiger partial charge in [0.25, 0.3) is 5.91 Å². The lowest BCUT2D eigenvalue weighted by Gasteiger charge is -2.32. The highest BCUT2D eigenvalue weighted by molar-refractivity contribution is 5.93. The van der Waals surface area contributed by atoms with E-state index in [1.807, 2.05) is 0 Å². The summed E-state index contributed by atoms with van der Waals surface area (Å²) in [4.78, 5) is 20.2. The molecule has 5 heteroatoms. The van der Waals surface area contributed by atoms with Crippen LogP contribution >= 0.6 is 0 Å². The summed E-state index contributed by atoms with van der Waals surface area (Å²) in [6, 6.07) is 3.54. The number of carbonyl (C=O) groups excluding carboxylic acids is 1. The molecule has 0 spiro atoms. The van der Waals surface area contributed by atoms with Gasteiger partial charge in [-0.15, -0.1) is 0 Å². The van der Waals surface area contributed by atoms with E-state index in [9.17, 15) is 4.79 Å². The van der Waals surface area contributed by atoms with E-state index in [0.717, 1.165) is 26.2 Å². The zero-order valence-corrected chi connectivity index (χ0v) is 10.1. The summed E-state index contributed by atoms with van der Waals surface area (Å²) in [5.74, 6) is -0.0583. The van der Waals surface area contributed by atoms with Crippen LogP contribution < -0.4 is 5.32 Å². The topological polar surface area (TPSA) is 48.5 Å². The molecule has 17 heavy (non-hydrogen) atoms. The third-order valence-corrected chi connectivity index (χ3v) is 2.98. The molecule has 1 aromatic heterocycles. The smallest absolute Gasteiger partial charge is 0.253 e. The highest BCUT2D eigenvalue weighted by Crippen LogP contribution is 1.99. The van der Waals surface area contributed by atoms with Crippen LogP contribution in [0.15, 0.2) is 24.5 Å². The highest BCUT2D eigenvalue weighted by atomic mass is 16.1. The van der Waals surface area contributed by atoms with Crippen molar-refractivity contribution in [1.82, 2.24) is 20.1 Å². The van der Waals surface area contributed by atoms with Crippen LogP contribution in [0.2, 0.25) is 0 Å². The maximum absolute atomic E-state index is 11.8. The van der Waals surface area contributed by atoms with Crippen molar-refractivity contribution in [2.45, 2.75) is 0 Å². The van der Waals surface area contributed by atoms with Crippen LogP contribution in [0.4, 0.5) is 0 Å². The van der Waals surface area contributed by atoms with Gasteiger partial charge in [0.05, 0.1) is 12.2 Å². The van der Waals surface area contributed by atoms with Crippen LogP contribution in [0.3, 0.4) is 0 Å². The molecule has 0 bridgehead atoms. The fourth-order valence-corrected chi connectivity index (χ4v) is 1.79. The van der Waals surface area contributed by atoms with Crippen LogP contribution in [-0.4, -0.2) is 60.6 Å². The largest absolute Gasteiger partial charge is 0.339 e. The molecule has 0 aliphatic carbocycles. The van der Waals surface area contributed by atoms with Gasteiger partial charge < -0.3 is 10.2 Å². The molecule has 1 aliphatic heterocycles. The SMILES string of the molecule is CN1CCN(CNC(=O)c2cccnc2)CC1. The van der Waals surface area contributed by atoms with Crippen molar-refractivity contribution in [1.29, 1.82) is 0 Å². The fourth-order valence-electron chi connectivity index (χ4n) is 1.79. The van der Waals surface area contributed by atoms with Crippen molar-refractivity contribution >= 4 is 5.91 Å². The maximum Gasteiger partial charge on any atom is 0.253 e. The monoisotopic (exact) mass is 234 g/mol. The van der Waals surface area contributed by atoms with Crippen molar-refractivity contribution in [2.75, 3.05) is 39.9 Å². The maximum atomic E-state index is 11.8. The molecule has 0 unspecified atom stereocenters. The van der Waals surface area contributed by atoms with Gasteiger partial charge in [0, 0.05) is 38.6 Å². The Morgan fingerprint density at radius 3 is 2.82 bits per heavy atom. The predicted octanol–water partition coefficient (Wildman–Crippen LogP) is 0.0163. The number of likely N-dealkylation sites (N-methyl/N-ethyl adjacent to an activating group) is 1. The van der Waals surface area contributed by atoms with Gasteiger partial charge in [0.2, 0.25) is 0 Å². The number of hydrogen-bond donors (Lipinski definition) is 1. The molecule has 2 rings (SSSR count). The average Bonchev–Trinajstić information content (AvgIpc) is 2.39. The first-order valence-corrected chi connectivity index (χ1v) is 5.85. The molecule has 1 aromatic rings. The Bertz CT molecular complexity index is 360. The van der Waals surface area contributed by atoms with Gasteiger partial charge >= 0.3 is 0 Å². The molecule has 2 heterocycles. The molecule has 1 aliphatic rings. The minimum absolute atomic E-state index is 0.0583. The number of pyridine rings is 1. The molecule has 92 valence electrons. The van der Waals surface area contributed by atoms with Gasteiger partial charge in [-0.05, 0) is 19.2 Å². The predicted molar refractivity (Wildman–Crippen MR) is 65.6 cm³/mol. The van der Waals surface area contributed by atoms with Crippen LogP contribution in [0.25, 0.3) is 0 Å². The van der Waals surface area contributed by atoms with Gasteiger partial charge in [0.15, 0.2) is 0 Å². The van der Waals surface area contributed by atoms with E-state index in [1.165, 1.54) is 0 Å². The van der Waals surface area contributed by atoms with Crippen molar-refractivity contribution in [3.05, 3.63) is 30.1 Å². The molecule has 1 N–H and O–H groups in total. The van der Waals surface area contributed by atoms with Crippen LogP contribution in [0, 0.1) is 0 Å². The van der Waals surface area contributed by atoms with Gasteiger partial charge in [-0.25, -0.2) is 0 Å². The van der Waals surface area contributed by atoms with Crippen LogP contribution in [0.5, 0.6) is 0 Å². The highest BCUT2D eigenvalue weighted by Gasteiger charge is 2.14. The Balaban J connectivity index is 1.77. The summed E-state index contributed by atoms with van der Waals surface area (Å²) < 4.78 is 0. The number of hydrogen-bond acceptors (Lipinski definition) is 4. The van der Waals surface area contributed by atoms with Crippen molar-refractivity contribution in [2.24, 2.45) is 0 Å². The Hall–Kier alpha value is -1.46. The Morgan fingerprint density at radius 2 is 2.18 bits per heavy atom. The molecule has 1 saturated heterocycles. The van der Waals surface area contributed by atoms with Crippen LogP contribution in [0.1, 0.15) is 10.4 Å². The van der Waals surface area contributed by atoms with E-state index < -0.39 is 0 Å². The lowest BCUT2D eigenvalue weighted by atomic mass is 10.3. The molecule has 0 atom stereocenters. The summed E-state index contributed by atoms with van der Waals surface area (Å²) in [6.07, 6.45) is 3.25. The van der Waals surface area contributed by atoms with Crippen molar-refractivity contribution in [3.63, 3.8) is 0 Å². The summed E-state index contributed by atoms with van der Waals surface area (Å²) in [6.45, 7) is 4.74. The number of nitrogens with zero attached hydrogens (tertiary/aromatic N) is 3. The van der Waals surface area contributed by atoms with Crippen molar-refractivity contribution in [3.8, 4) is 0 Å². The second-order valence-corrected chi connectivity index (χ2v) is 4.33. The summed E-state index contributed by atoms with van der Waals surface area (Å²) >= 11 is 0. The molecular weight excluding hydrogens is 216 g/mol. The number of nitrogens with one attached hydrogen (secondary N) is 1. The standard InChI is InChI=1S/C12H18N4O/c1-15-5-7-16(8-6-15)10-14-12(17)11-3-2-4-13-9-11/h2-4,9H,5-8,10H2,1H3,(H,14,17). The Kier molecular flexibility index (Phi) is 4.06. The molecule has 0 saturated carbocycles. The number of rotatable bonds is 3. The van der Waals surface area contributed by atoms with Gasteiger partial charge in [-0.1, -0.05) is 0 Å². The molecular formula is C12H18N4O. The first-order valence-electron chi connectivity index (χ1n) is 5.85. The van der Waals surface area contributed by atoms with E-state index in [0.29, 0.717) is 12.2 Å². The van der Waals surface area contributed by atoms with E-state index in [2.05, 4.69) is 27.1 Å². The van der Waals surface area contributed by atoms with E-state index in [4.69, 9.17) is 0 Å². The second-order valence-electron chi connectivity index (χ2n) is 4.33. The summed E-state index contributed by atoms with van der Waals surface area (Å²) in [7, 11) is 2.12. The molecule has 0 aromatic carbocycles. The molecule has 1 fully saturated rings. The Labute approximate surface area is 101 Å². The number of piperazine rings is 1. The van der Waals surface area contributed by atoms with Gasteiger partial charge in [-0.2, -0.15) is 0 Å². The summed E-state index contributed by atoms with van der Waals surface area (Å²) in [5.41, 5.74) is 0.613. The molecule has 5 nitrogen and oxygen atoms in total. The lowest BCUT2D eigenvalue weighted by Crippen LogP contribution is -2.48. The van der Waals surface area contributed by atoms with Gasteiger partial charge in [-0.3, -0.25) is 14.7 Å². The third-order valence-electron chi connectivity index (χ3n) is 2.98. The average molecular weight is 234 g/mol. The Morgan fingerprint density at radius 1 is 1.41 bits per heavy atom. The normalized spacial score (nSPS) is 17.9. The van der Waals surface area contributed by atoms with Gasteiger partial charge in [0.1, 0.15) is 0 Å². The minimum atomic E-state index is -0.0583. The molecule has 0 radical (unpaired) electrons. The summed E-state index contributed by atoms with van der Waals surface area (Å²) in [5, 5.41) is 2.91. The zero-order valence-electron chi connectivity index (χ0n) is 10.1. The van der Waals surface area contributed by atoms with E-state index in [-0.39, 0.29) is 5.91 Å². The first-order chi connectivity index (χ1) is 8.25. The minimum Gasteiger partial charge on any atom is -0.339 e. The number of carbonyl (C=O) groups is 1. The number of aromatic nitrogens is 1. The van der Waals surface area contributed by atoms with Crippen LogP contribution in [-0.2, 0) is 0 Å². The fraction of sp³-hybridized carbons (Fsp3) is 0.500. The lowest BCUT2D eigenvalue weighted by molar-refractivity contribution is 0.0889. The number of amides is 1.